The van der Waals surface area contributed by atoms with Gasteiger partial charge < -0.3 is 20.0 Å². The minimum absolute atomic E-state index is 0.0433. The van der Waals surface area contributed by atoms with Gasteiger partial charge in [-0.2, -0.15) is 5.23 Å². The van der Waals surface area contributed by atoms with Crippen molar-refractivity contribution < 1.29 is 20.0 Å². The van der Waals surface area contributed by atoms with Gasteiger partial charge in [-0.25, -0.2) is 5.21 Å². The molecule has 2 aromatic carbocycles. The van der Waals surface area contributed by atoms with E-state index in [-0.39, 0.29) is 30.1 Å². The summed E-state index contributed by atoms with van der Waals surface area (Å²) in [6.45, 7) is 0.110. The molecule has 0 bridgehead atoms. The molecule has 2 amide bonds. The van der Waals surface area contributed by atoms with E-state index >= 15 is 0 Å². The molecule has 1 saturated carbocycles. The second kappa shape index (κ2) is 9.35. The summed E-state index contributed by atoms with van der Waals surface area (Å²) in [7, 11) is 0. The molecule has 0 spiro atoms. The first-order valence-corrected chi connectivity index (χ1v) is 13.1. The van der Waals surface area contributed by atoms with Gasteiger partial charge in [0.05, 0.1) is 6.04 Å². The number of nitrogens with one attached hydrogen (secondary N) is 2. The van der Waals surface area contributed by atoms with Crippen molar-refractivity contribution in [3.05, 3.63) is 70.6 Å². The Morgan fingerprint density at radius 2 is 1.64 bits per heavy atom. The van der Waals surface area contributed by atoms with Gasteiger partial charge in [0.15, 0.2) is 5.69 Å². The summed E-state index contributed by atoms with van der Waals surface area (Å²) in [5.74, 6) is 0.00142. The second-order valence-corrected chi connectivity index (χ2v) is 10.4. The fraction of sp³-hybridized carbons (Fsp3) is 0.429. The van der Waals surface area contributed by atoms with Gasteiger partial charge >= 0.3 is 0 Å². The summed E-state index contributed by atoms with van der Waals surface area (Å²) in [5.41, 5.74) is 3.96. The third kappa shape index (κ3) is 3.89. The van der Waals surface area contributed by atoms with Gasteiger partial charge in [0.1, 0.15) is 12.6 Å². The Morgan fingerprint density at radius 3 is 2.36 bits per heavy atom. The molecule has 3 N–H and O–H groups in total. The summed E-state index contributed by atoms with van der Waals surface area (Å²) >= 11 is 0. The summed E-state index contributed by atoms with van der Waals surface area (Å²) in [4.78, 5) is 35.0. The Bertz CT molecular complexity index is 1280. The van der Waals surface area contributed by atoms with E-state index in [2.05, 4.69) is 11.1 Å². The van der Waals surface area contributed by atoms with E-state index in [1.165, 1.54) is 19.3 Å². The lowest BCUT2D eigenvalue weighted by atomic mass is 9.85. The lowest BCUT2D eigenvalue weighted by Crippen LogP contribution is -2.99. The molecule has 3 aromatic rings. The molecule has 3 heterocycles. The molecule has 8 heteroatoms. The zero-order valence-corrected chi connectivity index (χ0v) is 20.3. The maximum atomic E-state index is 14.0. The van der Waals surface area contributed by atoms with Gasteiger partial charge in [-0.1, -0.05) is 62.4 Å². The van der Waals surface area contributed by atoms with Crippen molar-refractivity contribution >= 4 is 28.4 Å². The average molecular weight is 489 g/mol. The van der Waals surface area contributed by atoms with Crippen LogP contribution in [-0.4, -0.2) is 50.4 Å². The Kier molecular flexibility index (Phi) is 6.03. The molecule has 8 nitrogen and oxygen atoms in total. The molecule has 188 valence electrons. The van der Waals surface area contributed by atoms with E-state index in [0.717, 1.165) is 53.4 Å². The number of carbonyl (C=O) groups excluding carboxylic acids is 2. The SMILES string of the molecule is O=C1C2Cc3c([nH]c4ccccc34)C(c3ccc([NH+]([O-])O)cc3)N2C(=O)CN1C1CCCCCCC1. The smallest absolute Gasteiger partial charge is 0.246 e. The molecule has 1 aromatic heterocycles. The van der Waals surface area contributed by atoms with Crippen LogP contribution in [0.25, 0.3) is 10.9 Å². The normalized spacial score (nSPS) is 24.3. The first-order chi connectivity index (χ1) is 17.5. The number of hydrogen-bond acceptors (Lipinski definition) is 4. The molecule has 36 heavy (non-hydrogen) atoms. The van der Waals surface area contributed by atoms with Crippen LogP contribution in [0.3, 0.4) is 0 Å². The number of para-hydroxylation sites is 1. The third-order valence-corrected chi connectivity index (χ3v) is 8.28. The van der Waals surface area contributed by atoms with Crippen molar-refractivity contribution in [1.29, 1.82) is 0 Å². The largest absolute Gasteiger partial charge is 0.595 e. The van der Waals surface area contributed by atoms with Gasteiger partial charge in [0, 0.05) is 41.2 Å². The highest BCUT2D eigenvalue weighted by Crippen LogP contribution is 2.43. The number of H-pyrrole nitrogens is 1. The number of piperazine rings is 1. The lowest BCUT2D eigenvalue weighted by molar-refractivity contribution is -0.991. The van der Waals surface area contributed by atoms with E-state index in [1.807, 2.05) is 23.1 Å². The van der Waals surface area contributed by atoms with Crippen molar-refractivity contribution in [3.63, 3.8) is 0 Å². The first kappa shape index (κ1) is 23.2. The maximum Gasteiger partial charge on any atom is 0.246 e. The monoisotopic (exact) mass is 488 g/mol. The molecule has 1 aliphatic carbocycles. The lowest BCUT2D eigenvalue weighted by Gasteiger charge is -2.49. The number of amides is 2. The fourth-order valence-electron chi connectivity index (χ4n) is 6.50. The zero-order valence-electron chi connectivity index (χ0n) is 20.3. The third-order valence-electron chi connectivity index (χ3n) is 8.28. The highest BCUT2D eigenvalue weighted by molar-refractivity contribution is 5.97. The van der Waals surface area contributed by atoms with Crippen molar-refractivity contribution in [2.75, 3.05) is 6.54 Å². The van der Waals surface area contributed by atoms with Crippen LogP contribution in [0.2, 0.25) is 0 Å². The summed E-state index contributed by atoms with van der Waals surface area (Å²) in [5, 5.41) is 20.9. The van der Waals surface area contributed by atoms with Crippen LogP contribution in [0.1, 0.15) is 67.8 Å². The Balaban J connectivity index is 1.43. The van der Waals surface area contributed by atoms with Crippen LogP contribution < -0.4 is 5.23 Å². The number of aromatic amines is 1. The molecular formula is C28H32N4O4. The molecule has 3 atom stereocenters. The molecule has 3 aliphatic rings. The molecular weight excluding hydrogens is 456 g/mol. The second-order valence-electron chi connectivity index (χ2n) is 10.4. The van der Waals surface area contributed by atoms with Crippen LogP contribution >= 0.6 is 0 Å². The number of quaternary nitrogens is 1. The number of hydrogen-bond donors (Lipinski definition) is 3. The number of fused-ring (bicyclic) bond motifs is 4. The van der Waals surface area contributed by atoms with Crippen LogP contribution in [0.15, 0.2) is 48.5 Å². The zero-order chi connectivity index (χ0) is 24.8. The molecule has 2 aliphatic heterocycles. The van der Waals surface area contributed by atoms with Crippen molar-refractivity contribution in [1.82, 2.24) is 14.8 Å². The molecule has 3 unspecified atom stereocenters. The van der Waals surface area contributed by atoms with E-state index in [4.69, 9.17) is 0 Å². The minimum atomic E-state index is -0.992. The van der Waals surface area contributed by atoms with E-state index in [1.54, 1.807) is 29.2 Å². The predicted octanol–water partition coefficient (Wildman–Crippen LogP) is 3.37. The molecule has 1 saturated heterocycles. The number of benzene rings is 2. The Morgan fingerprint density at radius 1 is 0.944 bits per heavy atom. The molecule has 0 radical (unpaired) electrons. The average Bonchev–Trinajstić information content (AvgIpc) is 3.23. The number of aromatic nitrogens is 1. The number of nitrogens with zero attached hydrogens (tertiary/aromatic N) is 2. The predicted molar refractivity (Wildman–Crippen MR) is 135 cm³/mol. The topological polar surface area (TPSA) is 104 Å². The maximum absolute atomic E-state index is 14.0. The van der Waals surface area contributed by atoms with Crippen LogP contribution in [0.4, 0.5) is 5.69 Å². The standard InChI is InChI=1S/C28H32N4O4/c33-25-17-30(19-8-4-2-1-3-5-9-19)28(34)24-16-22-21-10-6-7-11-23(21)29-26(22)27(31(24)25)18-12-14-20(15-13-18)32(35)36/h6-7,10-15,19,24,27,29,32,35H,1-5,8-9,16-17H2. The quantitative estimate of drug-likeness (QED) is 0.492. The van der Waals surface area contributed by atoms with Crippen LogP contribution in [0, 0.1) is 5.21 Å². The highest BCUT2D eigenvalue weighted by Gasteiger charge is 2.49. The summed E-state index contributed by atoms with van der Waals surface area (Å²) < 4.78 is 0. The first-order valence-electron chi connectivity index (χ1n) is 13.1. The van der Waals surface area contributed by atoms with Gasteiger partial charge in [0.2, 0.25) is 11.8 Å². The minimum Gasteiger partial charge on any atom is -0.595 e. The Labute approximate surface area is 210 Å². The van der Waals surface area contributed by atoms with Crippen molar-refractivity contribution in [2.45, 2.75) is 69.5 Å². The molecule has 2 fully saturated rings. The van der Waals surface area contributed by atoms with Crippen molar-refractivity contribution in [3.8, 4) is 0 Å². The van der Waals surface area contributed by atoms with Crippen molar-refractivity contribution in [2.24, 2.45) is 0 Å². The van der Waals surface area contributed by atoms with E-state index < -0.39 is 17.3 Å². The van der Waals surface area contributed by atoms with Crippen LogP contribution in [-0.2, 0) is 16.0 Å². The fourth-order valence-corrected chi connectivity index (χ4v) is 6.50. The van der Waals surface area contributed by atoms with Crippen LogP contribution in [0.5, 0.6) is 0 Å². The van der Waals surface area contributed by atoms with Gasteiger partial charge in [-0.05, 0) is 30.0 Å². The highest BCUT2D eigenvalue weighted by atomic mass is 16.8. The van der Waals surface area contributed by atoms with E-state index in [0.29, 0.717) is 6.42 Å². The summed E-state index contributed by atoms with van der Waals surface area (Å²) in [6.07, 6.45) is 8.24. The Hall–Kier alpha value is -3.20. The van der Waals surface area contributed by atoms with E-state index in [9.17, 15) is 20.0 Å². The number of rotatable bonds is 3. The molecule has 6 rings (SSSR count). The number of carbonyl (C=O) groups is 2. The van der Waals surface area contributed by atoms with Gasteiger partial charge in [-0.15, -0.1) is 0 Å². The van der Waals surface area contributed by atoms with Gasteiger partial charge in [-0.3, -0.25) is 9.59 Å². The summed E-state index contributed by atoms with van der Waals surface area (Å²) in [6, 6.07) is 13.8. The van der Waals surface area contributed by atoms with Gasteiger partial charge in [0.25, 0.3) is 0 Å².